The molecule has 2 heterocycles. The lowest BCUT2D eigenvalue weighted by molar-refractivity contribution is -0.117. The van der Waals surface area contributed by atoms with Crippen LogP contribution in [0.2, 0.25) is 5.15 Å². The van der Waals surface area contributed by atoms with Gasteiger partial charge in [0.15, 0.2) is 10.8 Å². The zero-order valence-electron chi connectivity index (χ0n) is 10.4. The normalized spacial score (nSPS) is 12.8. The van der Waals surface area contributed by atoms with Crippen LogP contribution in [0.15, 0.2) is 12.7 Å². The fourth-order valence-corrected chi connectivity index (χ4v) is 2.27. The lowest BCUT2D eigenvalue weighted by atomic mass is 10.1. The van der Waals surface area contributed by atoms with Crippen molar-refractivity contribution in [1.82, 2.24) is 19.5 Å². The SMILES string of the molecule is CCCC(CC(C)=O)n1cnc2c(Cl)ncnc21. The van der Waals surface area contributed by atoms with Crippen LogP contribution in [0.3, 0.4) is 0 Å². The number of aromatic nitrogens is 4. The predicted octanol–water partition coefficient (Wildman–Crippen LogP) is 2.80. The monoisotopic (exact) mass is 266 g/mol. The molecule has 0 saturated carbocycles. The van der Waals surface area contributed by atoms with E-state index in [4.69, 9.17) is 11.6 Å². The van der Waals surface area contributed by atoms with Gasteiger partial charge in [0, 0.05) is 12.5 Å². The first-order valence-corrected chi connectivity index (χ1v) is 6.33. The molecule has 0 amide bonds. The zero-order chi connectivity index (χ0) is 13.1. The lowest BCUT2D eigenvalue weighted by Crippen LogP contribution is -2.12. The summed E-state index contributed by atoms with van der Waals surface area (Å²) in [6.07, 6.45) is 5.50. The van der Waals surface area contributed by atoms with Crippen LogP contribution in [0.4, 0.5) is 0 Å². The Kier molecular flexibility index (Phi) is 3.91. The van der Waals surface area contributed by atoms with Crippen molar-refractivity contribution in [3.05, 3.63) is 17.8 Å². The molecule has 18 heavy (non-hydrogen) atoms. The molecule has 0 aromatic carbocycles. The second-order valence-electron chi connectivity index (χ2n) is 4.34. The Balaban J connectivity index is 2.44. The first-order chi connectivity index (χ1) is 8.63. The highest BCUT2D eigenvalue weighted by molar-refractivity contribution is 6.33. The summed E-state index contributed by atoms with van der Waals surface area (Å²) in [5, 5.41) is 0.344. The van der Waals surface area contributed by atoms with E-state index in [0.717, 1.165) is 12.8 Å². The van der Waals surface area contributed by atoms with Gasteiger partial charge in [0.25, 0.3) is 0 Å². The summed E-state index contributed by atoms with van der Waals surface area (Å²) >= 11 is 5.96. The lowest BCUT2D eigenvalue weighted by Gasteiger charge is -2.16. The van der Waals surface area contributed by atoms with Gasteiger partial charge in [0.1, 0.15) is 17.6 Å². The maximum atomic E-state index is 11.3. The average molecular weight is 267 g/mol. The van der Waals surface area contributed by atoms with Crippen molar-refractivity contribution in [3.8, 4) is 0 Å². The van der Waals surface area contributed by atoms with Gasteiger partial charge in [-0.1, -0.05) is 24.9 Å². The Hall–Kier alpha value is -1.49. The fraction of sp³-hybridized carbons (Fsp3) is 0.500. The third-order valence-corrected chi connectivity index (χ3v) is 3.13. The molecule has 0 aliphatic carbocycles. The van der Waals surface area contributed by atoms with E-state index in [-0.39, 0.29) is 11.8 Å². The molecule has 0 aliphatic rings. The molecular formula is C12H15ClN4O. The molecule has 5 nitrogen and oxygen atoms in total. The number of carbonyl (C=O) groups is 1. The number of Topliss-reactive ketones (excluding diaryl/α,β-unsaturated/α-hetero) is 1. The number of hydrogen-bond donors (Lipinski definition) is 0. The summed E-state index contributed by atoms with van der Waals surface area (Å²) in [5.74, 6) is 0.162. The van der Waals surface area contributed by atoms with Crippen molar-refractivity contribution >= 4 is 28.5 Å². The van der Waals surface area contributed by atoms with Crippen molar-refractivity contribution in [1.29, 1.82) is 0 Å². The third-order valence-electron chi connectivity index (χ3n) is 2.85. The Morgan fingerprint density at radius 1 is 1.44 bits per heavy atom. The standard InChI is InChI=1S/C12H15ClN4O/c1-3-4-9(5-8(2)18)17-7-16-10-11(13)14-6-15-12(10)17/h6-7,9H,3-5H2,1-2H3. The molecule has 0 saturated heterocycles. The topological polar surface area (TPSA) is 60.7 Å². The number of nitrogens with zero attached hydrogens (tertiary/aromatic N) is 4. The molecule has 0 aliphatic heterocycles. The van der Waals surface area contributed by atoms with E-state index in [1.165, 1.54) is 6.33 Å². The summed E-state index contributed by atoms with van der Waals surface area (Å²) in [5.41, 5.74) is 1.28. The highest BCUT2D eigenvalue weighted by Crippen LogP contribution is 2.25. The van der Waals surface area contributed by atoms with Crippen LogP contribution >= 0.6 is 11.6 Å². The Morgan fingerprint density at radius 3 is 2.89 bits per heavy atom. The second-order valence-corrected chi connectivity index (χ2v) is 4.70. The zero-order valence-corrected chi connectivity index (χ0v) is 11.2. The highest BCUT2D eigenvalue weighted by atomic mass is 35.5. The summed E-state index contributed by atoms with van der Waals surface area (Å²) in [7, 11) is 0. The van der Waals surface area contributed by atoms with E-state index in [0.29, 0.717) is 22.7 Å². The van der Waals surface area contributed by atoms with Crippen molar-refractivity contribution < 1.29 is 4.79 Å². The van der Waals surface area contributed by atoms with Gasteiger partial charge < -0.3 is 4.57 Å². The molecule has 6 heteroatoms. The molecule has 0 radical (unpaired) electrons. The molecule has 2 aromatic rings. The van der Waals surface area contributed by atoms with Crippen LogP contribution in [-0.4, -0.2) is 25.3 Å². The molecule has 1 unspecified atom stereocenters. The second kappa shape index (κ2) is 5.44. The largest absolute Gasteiger partial charge is 0.312 e. The molecule has 2 aromatic heterocycles. The van der Waals surface area contributed by atoms with Gasteiger partial charge in [-0.05, 0) is 13.3 Å². The van der Waals surface area contributed by atoms with Crippen LogP contribution in [0.25, 0.3) is 11.2 Å². The summed E-state index contributed by atoms with van der Waals surface area (Å²) < 4.78 is 1.92. The number of fused-ring (bicyclic) bond motifs is 1. The van der Waals surface area contributed by atoms with Gasteiger partial charge in [0.2, 0.25) is 0 Å². The Morgan fingerprint density at radius 2 is 2.22 bits per heavy atom. The molecule has 0 spiro atoms. The number of carbonyl (C=O) groups excluding carboxylic acids is 1. The van der Waals surface area contributed by atoms with E-state index >= 15 is 0 Å². The minimum absolute atomic E-state index is 0.0865. The maximum Gasteiger partial charge on any atom is 0.165 e. The van der Waals surface area contributed by atoms with E-state index < -0.39 is 0 Å². The average Bonchev–Trinajstić information content (AvgIpc) is 2.73. The van der Waals surface area contributed by atoms with Crippen LogP contribution < -0.4 is 0 Å². The van der Waals surface area contributed by atoms with Crippen LogP contribution in [0.5, 0.6) is 0 Å². The maximum absolute atomic E-state index is 11.3. The van der Waals surface area contributed by atoms with Gasteiger partial charge in [-0.3, -0.25) is 4.79 Å². The van der Waals surface area contributed by atoms with Crippen LogP contribution in [-0.2, 0) is 4.79 Å². The Labute approximate surface area is 110 Å². The minimum Gasteiger partial charge on any atom is -0.312 e. The molecule has 96 valence electrons. The summed E-state index contributed by atoms with van der Waals surface area (Å²) in [6, 6.07) is 0.0865. The summed E-state index contributed by atoms with van der Waals surface area (Å²) in [6.45, 7) is 3.69. The number of imidazole rings is 1. The van der Waals surface area contributed by atoms with Crippen molar-refractivity contribution in [2.45, 2.75) is 39.2 Å². The van der Waals surface area contributed by atoms with Gasteiger partial charge in [-0.2, -0.15) is 0 Å². The van der Waals surface area contributed by atoms with Gasteiger partial charge in [-0.15, -0.1) is 0 Å². The summed E-state index contributed by atoms with van der Waals surface area (Å²) in [4.78, 5) is 23.7. The van der Waals surface area contributed by atoms with Crippen LogP contribution in [0.1, 0.15) is 39.2 Å². The van der Waals surface area contributed by atoms with Gasteiger partial charge in [-0.25, -0.2) is 15.0 Å². The fourth-order valence-electron chi connectivity index (χ4n) is 2.10. The van der Waals surface area contributed by atoms with E-state index in [1.54, 1.807) is 13.3 Å². The smallest absolute Gasteiger partial charge is 0.165 e. The number of hydrogen-bond acceptors (Lipinski definition) is 4. The quantitative estimate of drug-likeness (QED) is 0.781. The highest BCUT2D eigenvalue weighted by Gasteiger charge is 2.17. The van der Waals surface area contributed by atoms with Gasteiger partial charge in [0.05, 0.1) is 6.33 Å². The van der Waals surface area contributed by atoms with E-state index in [1.807, 2.05) is 4.57 Å². The predicted molar refractivity (Wildman–Crippen MR) is 69.6 cm³/mol. The molecule has 1 atom stereocenters. The molecule has 2 rings (SSSR count). The van der Waals surface area contributed by atoms with E-state index in [2.05, 4.69) is 21.9 Å². The number of rotatable bonds is 5. The first kappa shape index (κ1) is 13.0. The van der Waals surface area contributed by atoms with Gasteiger partial charge >= 0.3 is 0 Å². The minimum atomic E-state index is 0.0865. The number of ketones is 1. The molecular weight excluding hydrogens is 252 g/mol. The third kappa shape index (κ3) is 2.51. The van der Waals surface area contributed by atoms with Crippen LogP contribution in [0, 0.1) is 0 Å². The van der Waals surface area contributed by atoms with E-state index in [9.17, 15) is 4.79 Å². The molecule has 0 fully saturated rings. The van der Waals surface area contributed by atoms with Crippen molar-refractivity contribution in [3.63, 3.8) is 0 Å². The Bertz CT molecular complexity index is 566. The first-order valence-electron chi connectivity index (χ1n) is 5.96. The molecule has 0 bridgehead atoms. The molecule has 0 N–H and O–H groups in total. The number of halogens is 1. The van der Waals surface area contributed by atoms with Crippen molar-refractivity contribution in [2.24, 2.45) is 0 Å². The van der Waals surface area contributed by atoms with Crippen molar-refractivity contribution in [2.75, 3.05) is 0 Å².